The van der Waals surface area contributed by atoms with E-state index in [0.29, 0.717) is 12.2 Å². The predicted octanol–water partition coefficient (Wildman–Crippen LogP) is 1.62. The monoisotopic (exact) mass is 239 g/mol. The molecule has 1 aromatic rings. The molecule has 88 valence electrons. The molecule has 4 nitrogen and oxygen atoms in total. The maximum absolute atomic E-state index is 12.1. The van der Waals surface area contributed by atoms with E-state index in [1.165, 1.54) is 24.2 Å². The molecule has 0 aliphatic carbocycles. The highest BCUT2D eigenvalue weighted by Gasteiger charge is 2.19. The summed E-state index contributed by atoms with van der Waals surface area (Å²) in [4.78, 5) is 18.3. The quantitative estimate of drug-likeness (QED) is 0.853. The summed E-state index contributed by atoms with van der Waals surface area (Å²) >= 11 is 1.46. The SMILES string of the molecule is NCc1nc(C(=O)N2CCCCCC2)cs1. The molecule has 1 aliphatic rings. The van der Waals surface area contributed by atoms with Gasteiger partial charge in [-0.15, -0.1) is 11.3 Å². The summed E-state index contributed by atoms with van der Waals surface area (Å²) in [6.45, 7) is 2.15. The maximum Gasteiger partial charge on any atom is 0.273 e. The number of nitrogens with two attached hydrogens (primary N) is 1. The first-order valence-corrected chi connectivity index (χ1v) is 6.63. The van der Waals surface area contributed by atoms with E-state index in [2.05, 4.69) is 4.98 Å². The molecule has 0 bridgehead atoms. The number of amides is 1. The molecule has 1 aromatic heterocycles. The summed E-state index contributed by atoms with van der Waals surface area (Å²) in [7, 11) is 0. The van der Waals surface area contributed by atoms with Crippen molar-refractivity contribution in [3.63, 3.8) is 0 Å². The molecular formula is C11H17N3OS. The van der Waals surface area contributed by atoms with Gasteiger partial charge in [0.1, 0.15) is 10.7 Å². The van der Waals surface area contributed by atoms with Crippen LogP contribution in [0.4, 0.5) is 0 Å². The summed E-state index contributed by atoms with van der Waals surface area (Å²) < 4.78 is 0. The Kier molecular flexibility index (Phi) is 3.90. The third-order valence-electron chi connectivity index (χ3n) is 2.84. The summed E-state index contributed by atoms with van der Waals surface area (Å²) in [6, 6.07) is 0. The molecule has 0 atom stereocenters. The first kappa shape index (κ1) is 11.5. The Hall–Kier alpha value is -0.940. The van der Waals surface area contributed by atoms with Crippen LogP contribution in [0.5, 0.6) is 0 Å². The number of nitrogens with zero attached hydrogens (tertiary/aromatic N) is 2. The molecule has 1 amide bonds. The van der Waals surface area contributed by atoms with Gasteiger partial charge in [0, 0.05) is 25.0 Å². The van der Waals surface area contributed by atoms with E-state index in [-0.39, 0.29) is 5.91 Å². The fraction of sp³-hybridized carbons (Fsp3) is 0.636. The third kappa shape index (κ3) is 2.59. The van der Waals surface area contributed by atoms with Gasteiger partial charge in [0.25, 0.3) is 5.91 Å². The van der Waals surface area contributed by atoms with E-state index in [9.17, 15) is 4.79 Å². The smallest absolute Gasteiger partial charge is 0.273 e. The topological polar surface area (TPSA) is 59.2 Å². The standard InChI is InChI=1S/C11H17N3OS/c12-7-10-13-9(8-16-10)11(15)14-5-3-1-2-4-6-14/h8H,1-7,12H2. The lowest BCUT2D eigenvalue weighted by Gasteiger charge is -2.18. The molecule has 2 heterocycles. The maximum atomic E-state index is 12.1. The van der Waals surface area contributed by atoms with Gasteiger partial charge < -0.3 is 10.6 Å². The van der Waals surface area contributed by atoms with Crippen molar-refractivity contribution in [3.05, 3.63) is 16.1 Å². The average molecular weight is 239 g/mol. The van der Waals surface area contributed by atoms with Crippen molar-refractivity contribution in [2.45, 2.75) is 32.2 Å². The van der Waals surface area contributed by atoms with Gasteiger partial charge in [-0.3, -0.25) is 4.79 Å². The van der Waals surface area contributed by atoms with Crippen LogP contribution < -0.4 is 5.73 Å². The van der Waals surface area contributed by atoms with Gasteiger partial charge in [-0.25, -0.2) is 4.98 Å². The van der Waals surface area contributed by atoms with Gasteiger partial charge in [0.05, 0.1) is 0 Å². The molecule has 0 radical (unpaired) electrons. The Labute approximate surface area is 99.5 Å². The van der Waals surface area contributed by atoms with Crippen molar-refractivity contribution in [2.75, 3.05) is 13.1 Å². The Morgan fingerprint density at radius 3 is 2.62 bits per heavy atom. The van der Waals surface area contributed by atoms with E-state index in [1.54, 1.807) is 0 Å². The van der Waals surface area contributed by atoms with Gasteiger partial charge in [-0.05, 0) is 12.8 Å². The van der Waals surface area contributed by atoms with Gasteiger partial charge in [-0.1, -0.05) is 12.8 Å². The molecule has 2 rings (SSSR count). The lowest BCUT2D eigenvalue weighted by molar-refractivity contribution is 0.0756. The first-order chi connectivity index (χ1) is 7.81. The number of thiazole rings is 1. The fourth-order valence-corrected chi connectivity index (χ4v) is 2.59. The number of hydrogen-bond acceptors (Lipinski definition) is 4. The van der Waals surface area contributed by atoms with Crippen LogP contribution in [-0.4, -0.2) is 28.9 Å². The van der Waals surface area contributed by atoms with Crippen molar-refractivity contribution in [3.8, 4) is 0 Å². The summed E-state index contributed by atoms with van der Waals surface area (Å²) in [5.41, 5.74) is 6.05. The Morgan fingerprint density at radius 2 is 2.06 bits per heavy atom. The Bertz CT molecular complexity index is 356. The minimum Gasteiger partial charge on any atom is -0.337 e. The molecule has 2 N–H and O–H groups in total. The minimum atomic E-state index is 0.0675. The van der Waals surface area contributed by atoms with E-state index in [4.69, 9.17) is 5.73 Å². The van der Waals surface area contributed by atoms with E-state index in [0.717, 1.165) is 30.9 Å². The minimum absolute atomic E-state index is 0.0675. The fourth-order valence-electron chi connectivity index (χ4n) is 1.94. The number of aromatic nitrogens is 1. The second-order valence-electron chi connectivity index (χ2n) is 4.04. The lowest BCUT2D eigenvalue weighted by atomic mass is 10.2. The molecule has 1 aliphatic heterocycles. The van der Waals surface area contributed by atoms with Crippen LogP contribution in [0.2, 0.25) is 0 Å². The molecule has 5 heteroatoms. The van der Waals surface area contributed by atoms with E-state index in [1.807, 2.05) is 10.3 Å². The highest BCUT2D eigenvalue weighted by molar-refractivity contribution is 7.09. The van der Waals surface area contributed by atoms with Gasteiger partial charge in [-0.2, -0.15) is 0 Å². The second-order valence-corrected chi connectivity index (χ2v) is 4.98. The molecule has 0 aromatic carbocycles. The lowest BCUT2D eigenvalue weighted by Crippen LogP contribution is -2.32. The number of rotatable bonds is 2. The Balaban J connectivity index is 2.05. The number of likely N-dealkylation sites (tertiary alicyclic amines) is 1. The van der Waals surface area contributed by atoms with Crippen LogP contribution in [-0.2, 0) is 6.54 Å². The van der Waals surface area contributed by atoms with Crippen LogP contribution in [0.15, 0.2) is 5.38 Å². The number of carbonyl (C=O) groups is 1. The molecule has 0 spiro atoms. The third-order valence-corrected chi connectivity index (χ3v) is 3.71. The Morgan fingerprint density at radius 1 is 1.38 bits per heavy atom. The van der Waals surface area contributed by atoms with Crippen molar-refractivity contribution < 1.29 is 4.79 Å². The van der Waals surface area contributed by atoms with Gasteiger partial charge >= 0.3 is 0 Å². The zero-order valence-corrected chi connectivity index (χ0v) is 10.1. The zero-order valence-electron chi connectivity index (χ0n) is 9.32. The first-order valence-electron chi connectivity index (χ1n) is 5.75. The van der Waals surface area contributed by atoms with Gasteiger partial charge in [0.15, 0.2) is 0 Å². The van der Waals surface area contributed by atoms with Crippen molar-refractivity contribution in [2.24, 2.45) is 5.73 Å². The molecule has 0 saturated carbocycles. The number of hydrogen-bond donors (Lipinski definition) is 1. The van der Waals surface area contributed by atoms with Crippen LogP contribution in [0.25, 0.3) is 0 Å². The van der Waals surface area contributed by atoms with Crippen LogP contribution in [0.3, 0.4) is 0 Å². The normalized spacial score (nSPS) is 17.2. The molecule has 16 heavy (non-hydrogen) atoms. The van der Waals surface area contributed by atoms with Gasteiger partial charge in [0.2, 0.25) is 0 Å². The highest BCUT2D eigenvalue weighted by Crippen LogP contribution is 2.15. The predicted molar refractivity (Wildman–Crippen MR) is 64.4 cm³/mol. The molecular weight excluding hydrogens is 222 g/mol. The highest BCUT2D eigenvalue weighted by atomic mass is 32.1. The van der Waals surface area contributed by atoms with Crippen molar-refractivity contribution >= 4 is 17.2 Å². The second kappa shape index (κ2) is 5.41. The largest absolute Gasteiger partial charge is 0.337 e. The van der Waals surface area contributed by atoms with E-state index >= 15 is 0 Å². The summed E-state index contributed by atoms with van der Waals surface area (Å²) in [6.07, 6.45) is 4.68. The average Bonchev–Trinajstić information content (AvgIpc) is 2.62. The molecule has 0 unspecified atom stereocenters. The van der Waals surface area contributed by atoms with E-state index < -0.39 is 0 Å². The van der Waals surface area contributed by atoms with Crippen molar-refractivity contribution in [1.82, 2.24) is 9.88 Å². The molecule has 1 fully saturated rings. The van der Waals surface area contributed by atoms with Crippen molar-refractivity contribution in [1.29, 1.82) is 0 Å². The number of carbonyl (C=O) groups excluding carboxylic acids is 1. The van der Waals surface area contributed by atoms with Crippen LogP contribution >= 0.6 is 11.3 Å². The zero-order chi connectivity index (χ0) is 11.4. The van der Waals surface area contributed by atoms with Crippen LogP contribution in [0.1, 0.15) is 41.2 Å². The molecule has 1 saturated heterocycles. The summed E-state index contributed by atoms with van der Waals surface area (Å²) in [5, 5.41) is 2.65. The summed E-state index contributed by atoms with van der Waals surface area (Å²) in [5.74, 6) is 0.0675. The van der Waals surface area contributed by atoms with Crippen LogP contribution in [0, 0.1) is 0 Å².